The third-order valence-electron chi connectivity index (χ3n) is 4.89. The Bertz CT molecular complexity index is 849. The third-order valence-corrected chi connectivity index (χ3v) is 4.89. The highest BCUT2D eigenvalue weighted by molar-refractivity contribution is 5.54. The molecule has 26 heavy (non-hydrogen) atoms. The first-order chi connectivity index (χ1) is 12.7. The molecule has 0 aliphatic carbocycles. The maximum Gasteiger partial charge on any atom is 0.138 e. The molecule has 0 N–H and O–H groups in total. The van der Waals surface area contributed by atoms with Crippen LogP contribution in [0.15, 0.2) is 54.9 Å². The van der Waals surface area contributed by atoms with Gasteiger partial charge in [0.25, 0.3) is 0 Å². The number of rotatable bonds is 4. The Kier molecular flexibility index (Phi) is 4.48. The van der Waals surface area contributed by atoms with Crippen molar-refractivity contribution >= 4 is 11.4 Å². The Balaban J connectivity index is 1.40. The summed E-state index contributed by atoms with van der Waals surface area (Å²) < 4.78 is 7.09. The molecule has 6 heteroatoms. The van der Waals surface area contributed by atoms with Gasteiger partial charge >= 0.3 is 0 Å². The van der Waals surface area contributed by atoms with E-state index in [1.165, 1.54) is 11.4 Å². The fourth-order valence-electron chi connectivity index (χ4n) is 3.37. The van der Waals surface area contributed by atoms with E-state index in [1.54, 1.807) is 13.4 Å². The number of hydrogen-bond acceptors (Lipinski definition) is 5. The summed E-state index contributed by atoms with van der Waals surface area (Å²) in [5.41, 5.74) is 3.55. The number of ether oxygens (including phenoxy) is 1. The number of methoxy groups -OCH3 is 1. The third kappa shape index (κ3) is 3.22. The summed E-state index contributed by atoms with van der Waals surface area (Å²) in [6.07, 6.45) is 1.58. The van der Waals surface area contributed by atoms with Gasteiger partial charge in [-0.2, -0.15) is 5.10 Å². The first kappa shape index (κ1) is 16.4. The van der Waals surface area contributed by atoms with Gasteiger partial charge in [-0.1, -0.05) is 0 Å². The minimum absolute atomic E-state index is 0.894. The van der Waals surface area contributed by atoms with Gasteiger partial charge < -0.3 is 14.5 Å². The highest BCUT2D eigenvalue weighted by atomic mass is 16.5. The monoisotopic (exact) mass is 349 g/mol. The van der Waals surface area contributed by atoms with Crippen molar-refractivity contribution in [2.24, 2.45) is 0 Å². The molecule has 2 aromatic carbocycles. The Morgan fingerprint density at radius 2 is 1.27 bits per heavy atom. The molecule has 134 valence electrons. The van der Waals surface area contributed by atoms with Crippen molar-refractivity contribution in [1.82, 2.24) is 14.8 Å². The Labute approximate surface area is 153 Å². The Morgan fingerprint density at radius 3 is 1.73 bits per heavy atom. The van der Waals surface area contributed by atoms with Gasteiger partial charge in [0.2, 0.25) is 0 Å². The minimum atomic E-state index is 0.894. The standard InChI is InChI=1S/C20H23N5O/c1-16-21-15-22-25(16)19-5-3-17(4-6-19)23-11-13-24(14-12-23)18-7-9-20(26-2)10-8-18/h3-10,15H,11-14H2,1-2H3. The lowest BCUT2D eigenvalue weighted by atomic mass is 10.2. The van der Waals surface area contributed by atoms with E-state index in [9.17, 15) is 0 Å². The molecule has 1 fully saturated rings. The van der Waals surface area contributed by atoms with Crippen molar-refractivity contribution in [3.8, 4) is 11.4 Å². The lowest BCUT2D eigenvalue weighted by Gasteiger charge is -2.37. The molecule has 0 saturated carbocycles. The molecular formula is C20H23N5O. The van der Waals surface area contributed by atoms with Gasteiger partial charge in [0.1, 0.15) is 17.9 Å². The van der Waals surface area contributed by atoms with Crippen LogP contribution in [0, 0.1) is 6.92 Å². The topological polar surface area (TPSA) is 46.4 Å². The molecular weight excluding hydrogens is 326 g/mol. The van der Waals surface area contributed by atoms with Gasteiger partial charge in [0.05, 0.1) is 12.8 Å². The highest BCUT2D eigenvalue weighted by Crippen LogP contribution is 2.23. The van der Waals surface area contributed by atoms with Crippen LogP contribution in [0.25, 0.3) is 5.69 Å². The van der Waals surface area contributed by atoms with Gasteiger partial charge in [0, 0.05) is 37.6 Å². The molecule has 0 bridgehead atoms. The maximum absolute atomic E-state index is 5.24. The molecule has 4 rings (SSSR count). The predicted molar refractivity (Wildman–Crippen MR) is 104 cm³/mol. The van der Waals surface area contributed by atoms with Crippen molar-refractivity contribution in [3.05, 3.63) is 60.7 Å². The zero-order valence-corrected chi connectivity index (χ0v) is 15.2. The van der Waals surface area contributed by atoms with Crippen molar-refractivity contribution < 1.29 is 4.74 Å². The van der Waals surface area contributed by atoms with Gasteiger partial charge in [-0.05, 0) is 55.5 Å². The van der Waals surface area contributed by atoms with Crippen LogP contribution in [0.1, 0.15) is 5.82 Å². The average molecular weight is 349 g/mol. The fraction of sp³-hybridized carbons (Fsp3) is 0.300. The van der Waals surface area contributed by atoms with E-state index in [-0.39, 0.29) is 0 Å². The minimum Gasteiger partial charge on any atom is -0.497 e. The molecule has 6 nitrogen and oxygen atoms in total. The van der Waals surface area contributed by atoms with E-state index in [0.29, 0.717) is 0 Å². The number of piperazine rings is 1. The summed E-state index contributed by atoms with van der Waals surface area (Å²) in [6, 6.07) is 16.8. The molecule has 1 aliphatic rings. The first-order valence-electron chi connectivity index (χ1n) is 8.85. The largest absolute Gasteiger partial charge is 0.497 e. The summed E-state index contributed by atoms with van der Waals surface area (Å²) >= 11 is 0. The predicted octanol–water partition coefficient (Wildman–Crippen LogP) is 2.91. The van der Waals surface area contributed by atoms with E-state index in [2.05, 4.69) is 56.3 Å². The van der Waals surface area contributed by atoms with E-state index in [4.69, 9.17) is 4.74 Å². The van der Waals surface area contributed by atoms with Crippen LogP contribution >= 0.6 is 0 Å². The summed E-state index contributed by atoms with van der Waals surface area (Å²) in [6.45, 7) is 5.99. The maximum atomic E-state index is 5.24. The summed E-state index contributed by atoms with van der Waals surface area (Å²) in [5.74, 6) is 1.79. The van der Waals surface area contributed by atoms with Crippen LogP contribution in [0.2, 0.25) is 0 Å². The van der Waals surface area contributed by atoms with Crippen LogP contribution in [0.4, 0.5) is 11.4 Å². The van der Waals surface area contributed by atoms with Crippen LogP contribution in [0.3, 0.4) is 0 Å². The molecule has 1 saturated heterocycles. The van der Waals surface area contributed by atoms with Crippen molar-refractivity contribution in [2.75, 3.05) is 43.1 Å². The van der Waals surface area contributed by atoms with Crippen LogP contribution in [-0.2, 0) is 0 Å². The zero-order valence-electron chi connectivity index (χ0n) is 15.2. The van der Waals surface area contributed by atoms with Gasteiger partial charge in [-0.3, -0.25) is 0 Å². The van der Waals surface area contributed by atoms with E-state index in [0.717, 1.165) is 43.4 Å². The molecule has 0 atom stereocenters. The lowest BCUT2D eigenvalue weighted by Crippen LogP contribution is -2.46. The summed E-state index contributed by atoms with van der Waals surface area (Å²) in [5, 5.41) is 4.26. The molecule has 1 aromatic heterocycles. The van der Waals surface area contributed by atoms with Gasteiger partial charge in [-0.15, -0.1) is 0 Å². The molecule has 2 heterocycles. The molecule has 0 radical (unpaired) electrons. The van der Waals surface area contributed by atoms with Crippen LogP contribution in [-0.4, -0.2) is 48.1 Å². The van der Waals surface area contributed by atoms with Gasteiger partial charge in [0.15, 0.2) is 0 Å². The number of aryl methyl sites for hydroxylation is 1. The molecule has 1 aliphatic heterocycles. The first-order valence-corrected chi connectivity index (χ1v) is 8.85. The quantitative estimate of drug-likeness (QED) is 0.725. The second-order valence-electron chi connectivity index (χ2n) is 6.41. The van der Waals surface area contributed by atoms with Gasteiger partial charge in [-0.25, -0.2) is 9.67 Å². The molecule has 0 amide bonds. The number of nitrogens with zero attached hydrogens (tertiary/aromatic N) is 5. The summed E-state index contributed by atoms with van der Waals surface area (Å²) in [7, 11) is 1.70. The van der Waals surface area contributed by atoms with Crippen molar-refractivity contribution in [2.45, 2.75) is 6.92 Å². The number of benzene rings is 2. The number of anilines is 2. The van der Waals surface area contributed by atoms with E-state index >= 15 is 0 Å². The second kappa shape index (κ2) is 7.07. The Hall–Kier alpha value is -3.02. The molecule has 0 unspecified atom stereocenters. The second-order valence-corrected chi connectivity index (χ2v) is 6.41. The summed E-state index contributed by atoms with van der Waals surface area (Å²) in [4.78, 5) is 9.03. The molecule has 3 aromatic rings. The van der Waals surface area contributed by atoms with Crippen molar-refractivity contribution in [3.63, 3.8) is 0 Å². The lowest BCUT2D eigenvalue weighted by molar-refractivity contribution is 0.415. The fourth-order valence-corrected chi connectivity index (χ4v) is 3.37. The number of aromatic nitrogens is 3. The average Bonchev–Trinajstić information content (AvgIpc) is 3.14. The number of hydrogen-bond donors (Lipinski definition) is 0. The molecule has 0 spiro atoms. The van der Waals surface area contributed by atoms with Crippen molar-refractivity contribution in [1.29, 1.82) is 0 Å². The SMILES string of the molecule is COc1ccc(N2CCN(c3ccc(-n4ncnc4C)cc3)CC2)cc1. The van der Waals surface area contributed by atoms with Crippen LogP contribution < -0.4 is 14.5 Å². The zero-order chi connectivity index (χ0) is 17.9. The smallest absolute Gasteiger partial charge is 0.138 e. The highest BCUT2D eigenvalue weighted by Gasteiger charge is 2.17. The van der Waals surface area contributed by atoms with E-state index in [1.807, 2.05) is 23.7 Å². The van der Waals surface area contributed by atoms with E-state index < -0.39 is 0 Å². The normalized spacial score (nSPS) is 14.5. The Morgan fingerprint density at radius 1 is 0.769 bits per heavy atom. The van der Waals surface area contributed by atoms with Crippen LogP contribution in [0.5, 0.6) is 5.75 Å².